The summed E-state index contributed by atoms with van der Waals surface area (Å²) >= 11 is 0. The number of nitrogens with zero attached hydrogens (tertiary/aromatic N) is 1. The van der Waals surface area contributed by atoms with Gasteiger partial charge in [0.25, 0.3) is 5.91 Å². The molecule has 5 nitrogen and oxygen atoms in total. The van der Waals surface area contributed by atoms with E-state index in [0.29, 0.717) is 30.0 Å². The largest absolute Gasteiger partial charge is 0.495 e. The van der Waals surface area contributed by atoms with Gasteiger partial charge >= 0.3 is 0 Å². The molecule has 1 aromatic rings. The molecule has 1 unspecified atom stereocenters. The fourth-order valence-corrected chi connectivity index (χ4v) is 2.78. The zero-order chi connectivity index (χ0) is 14.3. The van der Waals surface area contributed by atoms with Gasteiger partial charge in [-0.05, 0) is 25.5 Å². The van der Waals surface area contributed by atoms with Gasteiger partial charge in [0.2, 0.25) is 5.91 Å². The molecule has 0 saturated carbocycles. The monoisotopic (exact) mass is 272 g/mol. The van der Waals surface area contributed by atoms with Crippen LogP contribution in [0.5, 0.6) is 5.75 Å². The Kier molecular flexibility index (Phi) is 2.97. The predicted molar refractivity (Wildman–Crippen MR) is 74.8 cm³/mol. The first-order valence-electron chi connectivity index (χ1n) is 6.58. The molecule has 0 bridgehead atoms. The molecular formula is C15H16N2O3. The van der Waals surface area contributed by atoms with Crippen LogP contribution in [0.2, 0.25) is 0 Å². The van der Waals surface area contributed by atoms with Gasteiger partial charge in [-0.3, -0.25) is 9.59 Å². The molecule has 20 heavy (non-hydrogen) atoms. The molecule has 1 atom stereocenters. The fraction of sp³-hybridized carbons (Fsp3) is 0.333. The van der Waals surface area contributed by atoms with Gasteiger partial charge in [0.1, 0.15) is 11.8 Å². The van der Waals surface area contributed by atoms with Crippen molar-refractivity contribution in [2.45, 2.75) is 19.4 Å². The quantitative estimate of drug-likeness (QED) is 0.793. The number of methoxy groups -OCH3 is 1. The number of fused-ring (bicyclic) bond motifs is 2. The summed E-state index contributed by atoms with van der Waals surface area (Å²) in [7, 11) is 1.52. The Balaban J connectivity index is 2.10. The maximum absolute atomic E-state index is 12.6. The summed E-state index contributed by atoms with van der Waals surface area (Å²) in [5.74, 6) is 0.231. The lowest BCUT2D eigenvalue weighted by molar-refractivity contribution is -0.119. The van der Waals surface area contributed by atoms with Crippen molar-refractivity contribution < 1.29 is 14.3 Å². The fourth-order valence-electron chi connectivity index (χ4n) is 2.78. The summed E-state index contributed by atoms with van der Waals surface area (Å²) in [6, 6.07) is 4.79. The van der Waals surface area contributed by atoms with Gasteiger partial charge in [-0.2, -0.15) is 0 Å². The summed E-state index contributed by atoms with van der Waals surface area (Å²) in [6.45, 7) is 2.45. The number of para-hydroxylation sites is 1. The number of benzene rings is 1. The number of anilines is 1. The molecule has 2 aliphatic rings. The van der Waals surface area contributed by atoms with E-state index < -0.39 is 6.04 Å². The van der Waals surface area contributed by atoms with Gasteiger partial charge < -0.3 is 15.0 Å². The van der Waals surface area contributed by atoms with Gasteiger partial charge in [0, 0.05) is 6.54 Å². The smallest absolute Gasteiger partial charge is 0.257 e. The minimum atomic E-state index is -0.425. The number of allylic oxidation sites excluding steroid dienone is 1. The molecule has 1 N–H and O–H groups in total. The van der Waals surface area contributed by atoms with Crippen LogP contribution in [0.4, 0.5) is 5.69 Å². The third-order valence-corrected chi connectivity index (χ3v) is 3.90. The average Bonchev–Trinajstić information content (AvgIpc) is 2.87. The minimum Gasteiger partial charge on any atom is -0.495 e. The van der Waals surface area contributed by atoms with E-state index in [1.807, 2.05) is 13.0 Å². The Bertz CT molecular complexity index is 622. The van der Waals surface area contributed by atoms with Crippen LogP contribution in [0.3, 0.4) is 0 Å². The lowest BCUT2D eigenvalue weighted by atomic mass is 10.1. The summed E-state index contributed by atoms with van der Waals surface area (Å²) in [4.78, 5) is 26.6. The molecule has 0 aliphatic carbocycles. The number of hydrogen-bond donors (Lipinski definition) is 1. The zero-order valence-corrected chi connectivity index (χ0v) is 11.5. The molecule has 2 aliphatic heterocycles. The lowest BCUT2D eigenvalue weighted by Gasteiger charge is -2.19. The van der Waals surface area contributed by atoms with Crippen LogP contribution >= 0.6 is 0 Å². The van der Waals surface area contributed by atoms with Gasteiger partial charge in [0.15, 0.2) is 0 Å². The number of amides is 2. The van der Waals surface area contributed by atoms with E-state index in [1.165, 1.54) is 7.11 Å². The van der Waals surface area contributed by atoms with Crippen molar-refractivity contribution in [3.05, 3.63) is 35.4 Å². The number of hydrogen-bond acceptors (Lipinski definition) is 3. The summed E-state index contributed by atoms with van der Waals surface area (Å²) in [5, 5.41) is 2.83. The second-order valence-electron chi connectivity index (χ2n) is 4.97. The maximum Gasteiger partial charge on any atom is 0.257 e. The normalized spacial score (nSPS) is 23.2. The molecule has 3 rings (SSSR count). The van der Waals surface area contributed by atoms with E-state index in [0.717, 1.165) is 5.57 Å². The van der Waals surface area contributed by atoms with E-state index in [-0.39, 0.29) is 11.8 Å². The third kappa shape index (κ3) is 1.78. The van der Waals surface area contributed by atoms with Crippen molar-refractivity contribution in [2.75, 3.05) is 19.0 Å². The number of rotatable bonds is 1. The molecule has 0 spiro atoms. The van der Waals surface area contributed by atoms with E-state index in [4.69, 9.17) is 4.74 Å². The topological polar surface area (TPSA) is 58.6 Å². The van der Waals surface area contributed by atoms with Gasteiger partial charge in [-0.15, -0.1) is 0 Å². The van der Waals surface area contributed by atoms with Crippen molar-refractivity contribution in [1.82, 2.24) is 4.90 Å². The number of ether oxygens (including phenoxy) is 1. The molecule has 1 saturated heterocycles. The number of carbonyl (C=O) groups is 2. The second-order valence-corrected chi connectivity index (χ2v) is 4.97. The van der Waals surface area contributed by atoms with Crippen molar-refractivity contribution in [1.29, 1.82) is 0 Å². The third-order valence-electron chi connectivity index (χ3n) is 3.90. The van der Waals surface area contributed by atoms with Crippen molar-refractivity contribution in [2.24, 2.45) is 0 Å². The second kappa shape index (κ2) is 4.67. The molecule has 1 fully saturated rings. The average molecular weight is 272 g/mol. The van der Waals surface area contributed by atoms with Crippen LogP contribution in [0.25, 0.3) is 0 Å². The van der Waals surface area contributed by atoms with Crippen LogP contribution in [-0.2, 0) is 4.79 Å². The Labute approximate surface area is 117 Å². The number of nitrogens with one attached hydrogen (secondary N) is 1. The van der Waals surface area contributed by atoms with Crippen LogP contribution < -0.4 is 10.1 Å². The summed E-state index contributed by atoms with van der Waals surface area (Å²) in [5.41, 5.74) is 2.07. The molecule has 104 valence electrons. The van der Waals surface area contributed by atoms with Crippen molar-refractivity contribution >= 4 is 17.5 Å². The Hall–Kier alpha value is -2.30. The van der Waals surface area contributed by atoms with Crippen molar-refractivity contribution in [3.8, 4) is 5.75 Å². The Morgan fingerprint density at radius 2 is 2.20 bits per heavy atom. The van der Waals surface area contributed by atoms with Crippen molar-refractivity contribution in [3.63, 3.8) is 0 Å². The van der Waals surface area contributed by atoms with Gasteiger partial charge in [-0.1, -0.05) is 17.7 Å². The van der Waals surface area contributed by atoms with E-state index in [2.05, 4.69) is 5.32 Å². The molecular weight excluding hydrogens is 256 g/mol. The Morgan fingerprint density at radius 1 is 1.40 bits per heavy atom. The highest BCUT2D eigenvalue weighted by Crippen LogP contribution is 2.35. The highest BCUT2D eigenvalue weighted by Gasteiger charge is 2.40. The highest BCUT2D eigenvalue weighted by molar-refractivity contribution is 6.11. The summed E-state index contributed by atoms with van der Waals surface area (Å²) in [6.07, 6.45) is 2.58. The minimum absolute atomic E-state index is 0.126. The summed E-state index contributed by atoms with van der Waals surface area (Å²) < 4.78 is 5.23. The highest BCUT2D eigenvalue weighted by atomic mass is 16.5. The van der Waals surface area contributed by atoms with Crippen LogP contribution in [0, 0.1) is 0 Å². The molecule has 0 radical (unpaired) electrons. The molecule has 0 aromatic heterocycles. The molecule has 2 amide bonds. The lowest BCUT2D eigenvalue weighted by Crippen LogP contribution is -2.40. The SMILES string of the molecule is CC=C1CC2C(=O)Nc3c(OC)cccc3C(=O)N2C1. The number of carbonyl (C=O) groups excluding carboxylic acids is 2. The van der Waals surface area contributed by atoms with Gasteiger partial charge in [-0.25, -0.2) is 0 Å². The Morgan fingerprint density at radius 3 is 2.90 bits per heavy atom. The van der Waals surface area contributed by atoms with Crippen LogP contribution in [0.1, 0.15) is 23.7 Å². The van der Waals surface area contributed by atoms with Crippen LogP contribution in [-0.4, -0.2) is 36.4 Å². The molecule has 5 heteroatoms. The van der Waals surface area contributed by atoms with Crippen LogP contribution in [0.15, 0.2) is 29.8 Å². The molecule has 2 heterocycles. The van der Waals surface area contributed by atoms with Gasteiger partial charge in [0.05, 0.1) is 18.4 Å². The first-order chi connectivity index (χ1) is 9.65. The standard InChI is InChI=1S/C15H16N2O3/c1-3-9-7-11-14(18)16-13-10(15(19)17(11)8-9)5-4-6-12(13)20-2/h3-6,11H,7-8H2,1-2H3,(H,16,18). The zero-order valence-electron chi connectivity index (χ0n) is 11.5. The van der Waals surface area contributed by atoms with E-state index >= 15 is 0 Å². The van der Waals surface area contributed by atoms with E-state index in [9.17, 15) is 9.59 Å². The van der Waals surface area contributed by atoms with E-state index in [1.54, 1.807) is 23.1 Å². The first kappa shape index (κ1) is 12.7. The maximum atomic E-state index is 12.6. The predicted octanol–water partition coefficient (Wildman–Crippen LogP) is 1.81. The molecule has 1 aromatic carbocycles. The first-order valence-corrected chi connectivity index (χ1v) is 6.58.